The highest BCUT2D eigenvalue weighted by Crippen LogP contribution is 2.35. The van der Waals surface area contributed by atoms with Gasteiger partial charge in [0.2, 0.25) is 5.88 Å². The Balaban J connectivity index is 1.47. The molecule has 0 unspecified atom stereocenters. The molecule has 5 nitrogen and oxygen atoms in total. The molecule has 0 saturated carbocycles. The maximum absolute atomic E-state index is 10.9. The number of pyridine rings is 3. The van der Waals surface area contributed by atoms with Crippen LogP contribution < -0.4 is 0 Å². The van der Waals surface area contributed by atoms with Crippen molar-refractivity contribution in [3.63, 3.8) is 0 Å². The van der Waals surface area contributed by atoms with E-state index in [2.05, 4.69) is 47.2 Å². The molecule has 0 bridgehead atoms. The van der Waals surface area contributed by atoms with Gasteiger partial charge in [-0.3, -0.25) is 15.0 Å². The maximum atomic E-state index is 10.9. The van der Waals surface area contributed by atoms with Crippen LogP contribution in [0.3, 0.4) is 0 Å². The fourth-order valence-corrected chi connectivity index (χ4v) is 3.77. The van der Waals surface area contributed by atoms with E-state index in [0.29, 0.717) is 6.54 Å². The van der Waals surface area contributed by atoms with Gasteiger partial charge in [-0.1, -0.05) is 17.7 Å². The Hall–Kier alpha value is -3.73. The molecule has 0 radical (unpaired) electrons. The number of fused-ring (bicyclic) bond motifs is 2. The minimum absolute atomic E-state index is 0.233. The van der Waals surface area contributed by atoms with Gasteiger partial charge in [-0.2, -0.15) is 0 Å². The largest absolute Gasteiger partial charge is 0.494 e. The van der Waals surface area contributed by atoms with Gasteiger partial charge in [0.1, 0.15) is 0 Å². The van der Waals surface area contributed by atoms with E-state index >= 15 is 0 Å². The Kier molecular flexibility index (Phi) is 4.21. The molecular formula is C24H20N4O. The molecule has 1 aromatic carbocycles. The van der Waals surface area contributed by atoms with Gasteiger partial charge < -0.3 is 9.67 Å². The average Bonchev–Trinajstić information content (AvgIpc) is 3.08. The summed E-state index contributed by atoms with van der Waals surface area (Å²) in [6.45, 7) is 2.71. The van der Waals surface area contributed by atoms with Crippen LogP contribution in [0.1, 0.15) is 11.3 Å². The smallest absolute Gasteiger partial charge is 0.201 e. The summed E-state index contributed by atoms with van der Waals surface area (Å²) in [7, 11) is 0. The number of aromatic hydroxyl groups is 1. The van der Waals surface area contributed by atoms with Crippen molar-refractivity contribution in [2.45, 2.75) is 19.9 Å². The van der Waals surface area contributed by atoms with Gasteiger partial charge in [0.15, 0.2) is 0 Å². The summed E-state index contributed by atoms with van der Waals surface area (Å²) in [5, 5.41) is 12.8. The minimum Gasteiger partial charge on any atom is -0.494 e. The molecule has 1 N–H and O–H groups in total. The lowest BCUT2D eigenvalue weighted by molar-refractivity contribution is 0.422. The van der Waals surface area contributed by atoms with Gasteiger partial charge in [0, 0.05) is 48.8 Å². The van der Waals surface area contributed by atoms with E-state index in [1.54, 1.807) is 18.6 Å². The monoisotopic (exact) mass is 380 g/mol. The third kappa shape index (κ3) is 3.21. The SMILES string of the molecule is Cc1ccc2nc(CCn3cc4nccc(-c5ccncc5)c4c3O)ccc2c1. The Morgan fingerprint density at radius 2 is 1.79 bits per heavy atom. The summed E-state index contributed by atoms with van der Waals surface area (Å²) >= 11 is 0. The molecule has 0 fully saturated rings. The Labute approximate surface area is 168 Å². The van der Waals surface area contributed by atoms with Crippen LogP contribution in [0.4, 0.5) is 0 Å². The highest BCUT2D eigenvalue weighted by Gasteiger charge is 2.14. The van der Waals surface area contributed by atoms with E-state index in [-0.39, 0.29) is 5.88 Å². The Morgan fingerprint density at radius 3 is 2.66 bits per heavy atom. The second-order valence-electron chi connectivity index (χ2n) is 7.25. The third-order valence-corrected chi connectivity index (χ3v) is 5.26. The van der Waals surface area contributed by atoms with Crippen LogP contribution in [-0.2, 0) is 13.0 Å². The van der Waals surface area contributed by atoms with Crippen LogP contribution in [0.15, 0.2) is 73.3 Å². The zero-order valence-corrected chi connectivity index (χ0v) is 16.1. The van der Waals surface area contributed by atoms with Crippen LogP contribution in [0.5, 0.6) is 5.88 Å². The van der Waals surface area contributed by atoms with Gasteiger partial charge >= 0.3 is 0 Å². The molecule has 5 heteroatoms. The summed E-state index contributed by atoms with van der Waals surface area (Å²) in [5.41, 5.74) is 5.96. The molecular weight excluding hydrogens is 360 g/mol. The minimum atomic E-state index is 0.233. The highest BCUT2D eigenvalue weighted by atomic mass is 16.3. The highest BCUT2D eigenvalue weighted by molar-refractivity contribution is 5.98. The molecule has 4 aromatic heterocycles. The number of hydrogen-bond acceptors (Lipinski definition) is 4. The molecule has 0 aliphatic heterocycles. The average molecular weight is 380 g/mol. The predicted octanol–water partition coefficient (Wildman–Crippen LogP) is 4.90. The lowest BCUT2D eigenvalue weighted by Crippen LogP contribution is -2.01. The number of aromatic nitrogens is 4. The van der Waals surface area contributed by atoms with Crippen molar-refractivity contribution >= 4 is 21.8 Å². The lowest BCUT2D eigenvalue weighted by atomic mass is 10.1. The summed E-state index contributed by atoms with van der Waals surface area (Å²) in [4.78, 5) is 13.3. The normalized spacial score (nSPS) is 11.3. The quantitative estimate of drug-likeness (QED) is 0.481. The molecule has 4 heterocycles. The molecule has 0 aliphatic rings. The zero-order valence-electron chi connectivity index (χ0n) is 16.1. The second kappa shape index (κ2) is 7.02. The number of rotatable bonds is 4. The topological polar surface area (TPSA) is 63.8 Å². The fraction of sp³-hybridized carbons (Fsp3) is 0.125. The lowest BCUT2D eigenvalue weighted by Gasteiger charge is -2.07. The third-order valence-electron chi connectivity index (χ3n) is 5.26. The number of aryl methyl sites for hydroxylation is 3. The van der Waals surface area contributed by atoms with Gasteiger partial charge in [-0.15, -0.1) is 0 Å². The van der Waals surface area contributed by atoms with Crippen LogP contribution in [0, 0.1) is 6.92 Å². The molecule has 142 valence electrons. The molecule has 5 aromatic rings. The van der Waals surface area contributed by atoms with Crippen molar-refractivity contribution in [2.24, 2.45) is 0 Å². The number of hydrogen-bond donors (Lipinski definition) is 1. The van der Waals surface area contributed by atoms with E-state index in [9.17, 15) is 5.11 Å². The summed E-state index contributed by atoms with van der Waals surface area (Å²) < 4.78 is 1.85. The van der Waals surface area contributed by atoms with E-state index < -0.39 is 0 Å². The zero-order chi connectivity index (χ0) is 19.8. The Morgan fingerprint density at radius 1 is 0.931 bits per heavy atom. The standard InChI is InChI=1S/C24H20N4O/c1-16-2-5-21-18(14-16)3-4-19(27-21)9-13-28-15-22-23(24(28)29)20(8-12-26-22)17-6-10-25-11-7-17/h2-8,10-12,14-15,29H,9,13H2,1H3. The predicted molar refractivity (Wildman–Crippen MR) is 115 cm³/mol. The van der Waals surface area contributed by atoms with Crippen molar-refractivity contribution in [1.29, 1.82) is 0 Å². The van der Waals surface area contributed by atoms with E-state index in [1.165, 1.54) is 5.56 Å². The first-order chi connectivity index (χ1) is 14.2. The van der Waals surface area contributed by atoms with Crippen molar-refractivity contribution < 1.29 is 5.11 Å². The first-order valence-corrected chi connectivity index (χ1v) is 9.62. The van der Waals surface area contributed by atoms with Gasteiger partial charge in [-0.05, 0) is 54.4 Å². The fourth-order valence-electron chi connectivity index (χ4n) is 3.77. The molecule has 0 atom stereocenters. The van der Waals surface area contributed by atoms with Gasteiger partial charge in [0.05, 0.1) is 16.4 Å². The van der Waals surface area contributed by atoms with E-state index in [4.69, 9.17) is 4.98 Å². The summed E-state index contributed by atoms with van der Waals surface area (Å²) in [6.07, 6.45) is 7.91. The van der Waals surface area contributed by atoms with Crippen LogP contribution in [-0.4, -0.2) is 24.6 Å². The number of benzene rings is 1. The molecule has 0 amide bonds. The first-order valence-electron chi connectivity index (χ1n) is 9.62. The summed E-state index contributed by atoms with van der Waals surface area (Å²) in [5.74, 6) is 0.233. The Bertz CT molecular complexity index is 1330. The van der Waals surface area contributed by atoms with Crippen molar-refractivity contribution in [3.8, 4) is 17.0 Å². The van der Waals surface area contributed by atoms with Crippen molar-refractivity contribution in [1.82, 2.24) is 19.5 Å². The second-order valence-corrected chi connectivity index (χ2v) is 7.25. The van der Waals surface area contributed by atoms with Crippen LogP contribution in [0.25, 0.3) is 32.9 Å². The van der Waals surface area contributed by atoms with Crippen LogP contribution >= 0.6 is 0 Å². The van der Waals surface area contributed by atoms with Crippen molar-refractivity contribution in [2.75, 3.05) is 0 Å². The molecule has 0 spiro atoms. The van der Waals surface area contributed by atoms with E-state index in [1.807, 2.05) is 29.0 Å². The van der Waals surface area contributed by atoms with Gasteiger partial charge in [0.25, 0.3) is 0 Å². The van der Waals surface area contributed by atoms with Crippen LogP contribution in [0.2, 0.25) is 0 Å². The van der Waals surface area contributed by atoms with E-state index in [0.717, 1.165) is 45.0 Å². The molecule has 0 aliphatic carbocycles. The van der Waals surface area contributed by atoms with Gasteiger partial charge in [-0.25, -0.2) is 0 Å². The maximum Gasteiger partial charge on any atom is 0.201 e. The van der Waals surface area contributed by atoms with Crippen molar-refractivity contribution in [3.05, 3.63) is 84.6 Å². The molecule has 5 rings (SSSR count). The molecule has 29 heavy (non-hydrogen) atoms. The summed E-state index contributed by atoms with van der Waals surface area (Å²) in [6, 6.07) is 16.2. The molecule has 0 saturated heterocycles. The number of nitrogens with zero attached hydrogens (tertiary/aromatic N) is 4. The first kappa shape index (κ1) is 17.4.